The van der Waals surface area contributed by atoms with E-state index in [0.717, 1.165) is 0 Å². The summed E-state index contributed by atoms with van der Waals surface area (Å²) < 4.78 is 0. The summed E-state index contributed by atoms with van der Waals surface area (Å²) in [4.78, 5) is 73.5. The third kappa shape index (κ3) is 18.5. The van der Waals surface area contributed by atoms with Crippen molar-refractivity contribution in [3.63, 3.8) is 0 Å². The van der Waals surface area contributed by atoms with Gasteiger partial charge in [-0.2, -0.15) is 0 Å². The number of carbonyl (C=O) groups is 6. The van der Waals surface area contributed by atoms with E-state index in [1.54, 1.807) is 21.1 Å². The first-order chi connectivity index (χ1) is 26.7. The summed E-state index contributed by atoms with van der Waals surface area (Å²) in [5.74, 6) is -6.48. The van der Waals surface area contributed by atoms with Crippen molar-refractivity contribution in [2.45, 2.75) is 98.6 Å². The van der Waals surface area contributed by atoms with E-state index in [2.05, 4.69) is 0 Å². The molecule has 372 valence electrons. The number of likely N-dealkylation sites (N-methyl/N-ethyl adjacent to an activating group) is 6. The summed E-state index contributed by atoms with van der Waals surface area (Å²) in [6.07, 6.45) is -7.35. The van der Waals surface area contributed by atoms with Gasteiger partial charge in [0.1, 0.15) is 12.1 Å². The number of hydrogen-bond donors (Lipinski definition) is 12. The summed E-state index contributed by atoms with van der Waals surface area (Å²) in [6, 6.07) is -4.10. The second-order valence-corrected chi connectivity index (χ2v) is 14.9. The van der Waals surface area contributed by atoms with Gasteiger partial charge in [0.15, 0.2) is 11.4 Å². The predicted octanol–water partition coefficient (Wildman–Crippen LogP) is -5.27. The summed E-state index contributed by atoms with van der Waals surface area (Å²) >= 11 is 0. The first-order valence-electron chi connectivity index (χ1n) is 18.4. The van der Waals surface area contributed by atoms with Crippen LogP contribution in [0.5, 0.6) is 0 Å². The number of aliphatic carboxylic acids is 6. The molecule has 2 aliphatic rings. The predicted molar refractivity (Wildman–Crippen MR) is 198 cm³/mol. The van der Waals surface area contributed by atoms with Crippen LogP contribution < -0.4 is 0 Å². The van der Waals surface area contributed by atoms with Crippen molar-refractivity contribution in [3.8, 4) is 0 Å². The molecule has 0 aromatic heterocycles. The second kappa shape index (κ2) is 30.3. The first kappa shape index (κ1) is 66.2. The molecule has 0 aromatic carbocycles. The summed E-state index contributed by atoms with van der Waals surface area (Å²) in [5.41, 5.74) is -4.15. The zero-order valence-electron chi connectivity index (χ0n) is 34.4. The van der Waals surface area contributed by atoms with Crippen molar-refractivity contribution in [2.24, 2.45) is 0 Å². The Morgan fingerprint density at radius 2 is 0.590 bits per heavy atom. The van der Waals surface area contributed by atoms with E-state index >= 15 is 0 Å². The van der Waals surface area contributed by atoms with E-state index < -0.39 is 95.8 Å². The Labute approximate surface area is 469 Å². The topological polar surface area (TPSA) is 365 Å². The van der Waals surface area contributed by atoms with Gasteiger partial charge in [-0.15, -0.1) is 0 Å². The first-order valence-corrected chi connectivity index (χ1v) is 18.4. The molecule has 0 saturated heterocycles. The standard InChI is InChI=1S/C18H33N3O9.C16H29N3O9.3Yb/c1-19(7-4-10(22)23)13-16(28)14(20(2)8-5-11(24)25)18(30)15(17(13)29)21(3)9-6-12(26)27;1-17(7-4-10(20)21)13-15(27,18(2)8-5-11(22)23)14(26)16(13,28)19(3)9-6-12(24)25;;;/h13-18,28-30H,4-9H2,1-3H3,(H,22,23)(H,24,25)(H,26,27);13-14,26-28H,4-9H2,1-3H3,(H,20,21)(H,22,23)(H,24,25);;;/q;;3*+2. The average molecular weight is 1360 g/mol. The van der Waals surface area contributed by atoms with Crippen molar-refractivity contribution >= 4 is 35.8 Å². The number of nitrogens with zero attached hydrogens (tertiary/aromatic N) is 6. The Kier molecular flexibility index (Phi) is 32.9. The molecule has 0 bridgehead atoms. The third-order valence-corrected chi connectivity index (χ3v) is 10.9. The molecular formula is C34H62N6O18Yb3+6. The number of aliphatic hydroxyl groups is 6. The van der Waals surface area contributed by atoms with E-state index in [9.17, 15) is 59.4 Å². The molecule has 12 N–H and O–H groups in total. The molecule has 2 atom stereocenters. The van der Waals surface area contributed by atoms with Crippen molar-refractivity contribution in [2.75, 3.05) is 81.6 Å². The number of hydrogen-bond acceptors (Lipinski definition) is 18. The van der Waals surface area contributed by atoms with E-state index in [4.69, 9.17) is 30.6 Å². The average Bonchev–Trinajstić information content (AvgIpc) is 3.12. The molecule has 27 heteroatoms. The largest absolute Gasteiger partial charge is 2.00 e. The fourth-order valence-corrected chi connectivity index (χ4v) is 7.64. The van der Waals surface area contributed by atoms with Crippen molar-refractivity contribution in [1.82, 2.24) is 29.4 Å². The van der Waals surface area contributed by atoms with Crippen molar-refractivity contribution in [3.05, 3.63) is 0 Å². The molecule has 2 fully saturated rings. The molecule has 2 aliphatic carbocycles. The zero-order chi connectivity index (χ0) is 45.0. The minimum absolute atomic E-state index is 0. The van der Waals surface area contributed by atoms with Crippen LogP contribution in [0.3, 0.4) is 0 Å². The van der Waals surface area contributed by atoms with Gasteiger partial charge >= 0.3 is 177 Å². The summed E-state index contributed by atoms with van der Waals surface area (Å²) in [7, 11) is 8.83. The minimum atomic E-state index is -2.07. The number of carboxylic acids is 6. The van der Waals surface area contributed by atoms with Gasteiger partial charge in [-0.1, -0.05) is 0 Å². The fourth-order valence-electron chi connectivity index (χ4n) is 7.64. The fraction of sp³-hybridized carbons (Fsp3) is 0.824. The Balaban J connectivity index is -0.00000105. The van der Waals surface area contributed by atoms with Gasteiger partial charge in [0, 0.05) is 39.3 Å². The van der Waals surface area contributed by atoms with E-state index in [0.29, 0.717) is 0 Å². The molecule has 24 nitrogen and oxygen atoms in total. The van der Waals surface area contributed by atoms with E-state index in [-0.39, 0.29) is 219 Å². The Bertz CT molecular complexity index is 1300. The van der Waals surface area contributed by atoms with E-state index in [1.165, 1.54) is 50.5 Å². The molecule has 0 aromatic rings. The van der Waals surface area contributed by atoms with Gasteiger partial charge in [0.2, 0.25) is 0 Å². The minimum Gasteiger partial charge on any atom is -0.481 e. The summed E-state index contributed by atoms with van der Waals surface area (Å²) in [6.45, 7) is -0.261. The molecule has 61 heavy (non-hydrogen) atoms. The third-order valence-electron chi connectivity index (χ3n) is 10.9. The van der Waals surface area contributed by atoms with Gasteiger partial charge in [-0.05, 0) is 42.3 Å². The van der Waals surface area contributed by atoms with Crippen molar-refractivity contribution < 1.29 is 231 Å². The molecule has 0 spiro atoms. The normalized spacial score (nSPS) is 28.2. The van der Waals surface area contributed by atoms with Gasteiger partial charge in [0.25, 0.3) is 0 Å². The molecule has 0 radical (unpaired) electrons. The van der Waals surface area contributed by atoms with Crippen LogP contribution in [0.2, 0.25) is 0 Å². The number of aliphatic hydroxyl groups excluding tert-OH is 4. The maximum Gasteiger partial charge on any atom is 2.00 e. The molecular weight excluding hydrogens is 1300 g/mol. The molecule has 0 aliphatic heterocycles. The smallest absolute Gasteiger partial charge is 0.481 e. The van der Waals surface area contributed by atoms with E-state index in [1.807, 2.05) is 0 Å². The summed E-state index contributed by atoms with van der Waals surface area (Å²) in [5, 5.41) is 119. The molecule has 2 saturated carbocycles. The Morgan fingerprint density at radius 1 is 0.393 bits per heavy atom. The van der Waals surface area contributed by atoms with Crippen LogP contribution >= 0.6 is 0 Å². The Hall–Kier alpha value is 0.898. The van der Waals surface area contributed by atoms with Gasteiger partial charge in [-0.3, -0.25) is 58.2 Å². The van der Waals surface area contributed by atoms with Crippen molar-refractivity contribution in [1.29, 1.82) is 0 Å². The van der Waals surface area contributed by atoms with Crippen LogP contribution in [0.15, 0.2) is 0 Å². The molecule has 0 heterocycles. The monoisotopic (exact) mass is 1360 g/mol. The van der Waals surface area contributed by atoms with Crippen LogP contribution in [0.25, 0.3) is 0 Å². The number of rotatable bonds is 24. The molecule has 2 rings (SSSR count). The van der Waals surface area contributed by atoms with Gasteiger partial charge in [0.05, 0.1) is 75.0 Å². The molecule has 2 unspecified atom stereocenters. The van der Waals surface area contributed by atoms with Crippen LogP contribution in [-0.2, 0) is 28.8 Å². The zero-order valence-corrected chi connectivity index (χ0v) is 39.5. The number of carboxylic acid groups (broad SMARTS) is 6. The maximum atomic E-state index is 11.1. The van der Waals surface area contributed by atoms with Gasteiger partial charge in [-0.25, -0.2) is 0 Å². The van der Waals surface area contributed by atoms with Crippen LogP contribution in [0, 0.1) is 141 Å². The quantitative estimate of drug-likeness (QED) is 0.0402. The van der Waals surface area contributed by atoms with Crippen LogP contribution in [0.1, 0.15) is 38.5 Å². The van der Waals surface area contributed by atoms with Crippen LogP contribution in [-0.4, -0.2) is 268 Å². The van der Waals surface area contributed by atoms with Gasteiger partial charge < -0.3 is 61.3 Å². The molecule has 0 amide bonds. The maximum absolute atomic E-state index is 11.1. The SMILES string of the molecule is CN(CCC(=O)O)C1C(O)(N(C)CCC(=O)O)C(O)C1(O)N(C)CCC(=O)O.CN(CCC(=O)O)C1C(O)C(N(C)CCC(=O)O)C(O)C(N(C)CCC(=O)O)C1O.[Yb+2].[Yb+2].[Yb+2]. The Morgan fingerprint density at radius 3 is 0.803 bits per heavy atom. The van der Waals surface area contributed by atoms with Crippen LogP contribution in [0.4, 0.5) is 0 Å². The second-order valence-electron chi connectivity index (χ2n) is 14.9.